The van der Waals surface area contributed by atoms with E-state index in [0.717, 1.165) is 25.9 Å². The van der Waals surface area contributed by atoms with Crippen LogP contribution in [0.3, 0.4) is 0 Å². The number of aliphatic carboxylic acids is 1. The van der Waals surface area contributed by atoms with Gasteiger partial charge in [0.15, 0.2) is 0 Å². The Morgan fingerprint density at radius 1 is 1.21 bits per heavy atom. The lowest BCUT2D eigenvalue weighted by molar-refractivity contribution is -0.140. The van der Waals surface area contributed by atoms with Crippen LogP contribution in [0.2, 0.25) is 0 Å². The van der Waals surface area contributed by atoms with Crippen LogP contribution in [-0.2, 0) is 9.59 Å². The molecule has 2 atom stereocenters. The van der Waals surface area contributed by atoms with Crippen molar-refractivity contribution in [3.05, 3.63) is 0 Å². The second kappa shape index (κ2) is 7.48. The molecule has 0 aromatic carbocycles. The Bertz CT molecular complexity index is 310. The molecule has 0 aliphatic carbocycles. The molecule has 1 N–H and O–H groups in total. The molecule has 1 aliphatic heterocycles. The molecule has 0 spiro atoms. The molecule has 1 saturated heterocycles. The lowest BCUT2D eigenvalue weighted by atomic mass is 9.92. The second-order valence-corrected chi connectivity index (χ2v) is 5.85. The molecule has 0 aromatic rings. The number of hydrogen-bond acceptors (Lipinski definition) is 3. The molecule has 0 unspecified atom stereocenters. The predicted molar refractivity (Wildman–Crippen MR) is 73.9 cm³/mol. The first-order valence-corrected chi connectivity index (χ1v) is 7.14. The van der Waals surface area contributed by atoms with Gasteiger partial charge in [-0.3, -0.25) is 14.5 Å². The monoisotopic (exact) mass is 270 g/mol. The van der Waals surface area contributed by atoms with E-state index in [9.17, 15) is 9.59 Å². The molecule has 1 rings (SSSR count). The standard InChI is InChI=1S/C14H26N2O3/c1-4-5-15(10-14(18)19)9-13(17)16-7-11(2)6-12(3)8-16/h11-12H,4-10H2,1-3H3,(H,18,19)/t11-,12+. The van der Waals surface area contributed by atoms with E-state index in [1.165, 1.54) is 0 Å². The van der Waals surface area contributed by atoms with Crippen LogP contribution >= 0.6 is 0 Å². The fourth-order valence-corrected chi connectivity index (χ4v) is 2.88. The number of nitrogens with zero attached hydrogens (tertiary/aromatic N) is 2. The predicted octanol–water partition coefficient (Wildman–Crippen LogP) is 1.29. The van der Waals surface area contributed by atoms with Crippen molar-refractivity contribution >= 4 is 11.9 Å². The number of piperidine rings is 1. The van der Waals surface area contributed by atoms with Gasteiger partial charge >= 0.3 is 5.97 Å². The van der Waals surface area contributed by atoms with Gasteiger partial charge in [0.05, 0.1) is 13.1 Å². The number of carboxylic acids is 1. The highest BCUT2D eigenvalue weighted by Crippen LogP contribution is 2.21. The van der Waals surface area contributed by atoms with E-state index in [-0.39, 0.29) is 19.0 Å². The van der Waals surface area contributed by atoms with Gasteiger partial charge in [0.2, 0.25) is 5.91 Å². The largest absolute Gasteiger partial charge is 0.480 e. The lowest BCUT2D eigenvalue weighted by Crippen LogP contribution is -2.47. The Morgan fingerprint density at radius 2 is 1.79 bits per heavy atom. The van der Waals surface area contributed by atoms with Gasteiger partial charge in [-0.05, 0) is 31.2 Å². The van der Waals surface area contributed by atoms with E-state index in [1.54, 1.807) is 4.90 Å². The van der Waals surface area contributed by atoms with Gasteiger partial charge in [0.25, 0.3) is 0 Å². The zero-order valence-electron chi connectivity index (χ0n) is 12.3. The number of rotatable bonds is 6. The minimum absolute atomic E-state index is 0.0570. The Morgan fingerprint density at radius 3 is 2.26 bits per heavy atom. The lowest BCUT2D eigenvalue weighted by Gasteiger charge is -2.36. The van der Waals surface area contributed by atoms with Crippen molar-refractivity contribution in [3.8, 4) is 0 Å². The first kappa shape index (κ1) is 16.0. The van der Waals surface area contributed by atoms with E-state index in [4.69, 9.17) is 5.11 Å². The highest BCUT2D eigenvalue weighted by atomic mass is 16.4. The summed E-state index contributed by atoms with van der Waals surface area (Å²) in [5.41, 5.74) is 0. The van der Waals surface area contributed by atoms with E-state index in [0.29, 0.717) is 18.4 Å². The number of carbonyl (C=O) groups is 2. The summed E-state index contributed by atoms with van der Waals surface area (Å²) in [7, 11) is 0. The van der Waals surface area contributed by atoms with Crippen LogP contribution in [0.4, 0.5) is 0 Å². The zero-order valence-corrected chi connectivity index (χ0v) is 12.3. The molecule has 0 aromatic heterocycles. The minimum atomic E-state index is -0.873. The van der Waals surface area contributed by atoms with E-state index < -0.39 is 5.97 Å². The molecule has 110 valence electrons. The smallest absolute Gasteiger partial charge is 0.317 e. The topological polar surface area (TPSA) is 60.9 Å². The normalized spacial score (nSPS) is 23.7. The molecular formula is C14H26N2O3. The number of carboxylic acid groups (broad SMARTS) is 1. The van der Waals surface area contributed by atoms with Crippen molar-refractivity contribution in [1.82, 2.24) is 9.80 Å². The highest BCUT2D eigenvalue weighted by molar-refractivity contribution is 5.79. The van der Waals surface area contributed by atoms with Crippen molar-refractivity contribution in [3.63, 3.8) is 0 Å². The van der Waals surface area contributed by atoms with Crippen LogP contribution in [0.5, 0.6) is 0 Å². The maximum absolute atomic E-state index is 12.2. The Balaban J connectivity index is 2.52. The van der Waals surface area contributed by atoms with Crippen molar-refractivity contribution < 1.29 is 14.7 Å². The molecule has 19 heavy (non-hydrogen) atoms. The summed E-state index contributed by atoms with van der Waals surface area (Å²) >= 11 is 0. The Kier molecular flexibility index (Phi) is 6.28. The average molecular weight is 270 g/mol. The Labute approximate surface area is 115 Å². The number of hydrogen-bond donors (Lipinski definition) is 1. The summed E-state index contributed by atoms with van der Waals surface area (Å²) in [4.78, 5) is 26.6. The molecule has 1 aliphatic rings. The van der Waals surface area contributed by atoms with Crippen molar-refractivity contribution in [1.29, 1.82) is 0 Å². The maximum atomic E-state index is 12.2. The summed E-state index contributed by atoms with van der Waals surface area (Å²) in [6, 6.07) is 0. The third-order valence-electron chi connectivity index (χ3n) is 3.48. The Hall–Kier alpha value is -1.10. The maximum Gasteiger partial charge on any atom is 0.317 e. The first-order valence-electron chi connectivity index (χ1n) is 7.14. The molecule has 1 fully saturated rings. The van der Waals surface area contributed by atoms with E-state index >= 15 is 0 Å². The SMILES string of the molecule is CCCN(CC(=O)O)CC(=O)N1C[C@H](C)C[C@H](C)C1. The molecule has 1 amide bonds. The van der Waals surface area contributed by atoms with Crippen molar-refractivity contribution in [2.24, 2.45) is 11.8 Å². The second-order valence-electron chi connectivity index (χ2n) is 5.85. The van der Waals surface area contributed by atoms with Crippen LogP contribution in [0.15, 0.2) is 0 Å². The van der Waals surface area contributed by atoms with Gasteiger partial charge in [-0.1, -0.05) is 20.8 Å². The van der Waals surface area contributed by atoms with Crippen LogP contribution in [-0.4, -0.2) is 59.5 Å². The fraction of sp³-hybridized carbons (Fsp3) is 0.857. The number of likely N-dealkylation sites (tertiary alicyclic amines) is 1. The quantitative estimate of drug-likeness (QED) is 0.790. The summed E-state index contributed by atoms with van der Waals surface area (Å²) in [5, 5.41) is 8.85. The molecule has 0 saturated carbocycles. The van der Waals surface area contributed by atoms with Crippen molar-refractivity contribution in [2.45, 2.75) is 33.6 Å². The van der Waals surface area contributed by atoms with Crippen LogP contribution in [0.1, 0.15) is 33.6 Å². The molecule has 0 radical (unpaired) electrons. The molecular weight excluding hydrogens is 244 g/mol. The van der Waals surface area contributed by atoms with Gasteiger partial charge in [0, 0.05) is 13.1 Å². The first-order chi connectivity index (χ1) is 8.92. The molecule has 5 heteroatoms. The van der Waals surface area contributed by atoms with E-state index in [1.807, 2.05) is 11.8 Å². The van der Waals surface area contributed by atoms with Crippen LogP contribution in [0, 0.1) is 11.8 Å². The number of amides is 1. The van der Waals surface area contributed by atoms with Gasteiger partial charge in [-0.25, -0.2) is 0 Å². The summed E-state index contributed by atoms with van der Waals surface area (Å²) < 4.78 is 0. The van der Waals surface area contributed by atoms with Crippen LogP contribution < -0.4 is 0 Å². The third-order valence-corrected chi connectivity index (χ3v) is 3.48. The minimum Gasteiger partial charge on any atom is -0.480 e. The van der Waals surface area contributed by atoms with Crippen molar-refractivity contribution in [2.75, 3.05) is 32.7 Å². The average Bonchev–Trinajstić information content (AvgIpc) is 2.26. The highest BCUT2D eigenvalue weighted by Gasteiger charge is 2.26. The third kappa shape index (κ3) is 5.59. The summed E-state index contributed by atoms with van der Waals surface area (Å²) in [6.45, 7) is 8.74. The zero-order chi connectivity index (χ0) is 14.4. The van der Waals surface area contributed by atoms with E-state index in [2.05, 4.69) is 13.8 Å². The summed E-state index contributed by atoms with van der Waals surface area (Å²) in [6.07, 6.45) is 2.02. The van der Waals surface area contributed by atoms with Gasteiger partial charge in [-0.2, -0.15) is 0 Å². The van der Waals surface area contributed by atoms with Gasteiger partial charge in [0.1, 0.15) is 0 Å². The van der Waals surface area contributed by atoms with Gasteiger partial charge < -0.3 is 10.0 Å². The van der Waals surface area contributed by atoms with Crippen LogP contribution in [0.25, 0.3) is 0 Å². The summed E-state index contributed by atoms with van der Waals surface area (Å²) in [5.74, 6) is 0.258. The van der Waals surface area contributed by atoms with Gasteiger partial charge in [-0.15, -0.1) is 0 Å². The molecule has 0 bridgehead atoms. The fourth-order valence-electron chi connectivity index (χ4n) is 2.88. The number of carbonyl (C=O) groups excluding carboxylic acids is 1. The molecule has 1 heterocycles. The molecule has 5 nitrogen and oxygen atoms in total.